The smallest absolute Gasteiger partial charge is 0.260 e. The Balaban J connectivity index is 1.91. The van der Waals surface area contributed by atoms with Crippen LogP contribution in [-0.2, 0) is 10.0 Å². The fourth-order valence-electron chi connectivity index (χ4n) is 2.94. The molecule has 2 aromatic carbocycles. The van der Waals surface area contributed by atoms with Crippen LogP contribution in [0.15, 0.2) is 53.4 Å². The standard InChI is InChI=1S/C21H26N4O3S2/c1-23(2)14-7-15-25(21-22-18-8-5-6-9-19(18)29-21)20(26)16-10-12-17(13-11-16)30(27,28)24(3)4/h5-6,8-13H,7,14-15H2,1-4H3. The van der Waals surface area contributed by atoms with E-state index in [4.69, 9.17) is 0 Å². The minimum atomic E-state index is -3.54. The molecule has 1 aromatic heterocycles. The first kappa shape index (κ1) is 22.4. The number of amides is 1. The minimum Gasteiger partial charge on any atom is -0.309 e. The lowest BCUT2D eigenvalue weighted by atomic mass is 10.2. The second-order valence-corrected chi connectivity index (χ2v) is 10.6. The Morgan fingerprint density at radius 2 is 1.63 bits per heavy atom. The molecule has 160 valence electrons. The lowest BCUT2D eigenvalue weighted by molar-refractivity contribution is 0.0986. The Morgan fingerprint density at radius 1 is 0.967 bits per heavy atom. The Morgan fingerprint density at radius 3 is 2.23 bits per heavy atom. The van der Waals surface area contributed by atoms with Gasteiger partial charge in [-0.15, -0.1) is 0 Å². The maximum atomic E-state index is 13.3. The average molecular weight is 447 g/mol. The summed E-state index contributed by atoms with van der Waals surface area (Å²) in [6.45, 7) is 1.36. The minimum absolute atomic E-state index is 0.156. The van der Waals surface area contributed by atoms with Gasteiger partial charge in [0.05, 0.1) is 15.1 Å². The third kappa shape index (κ3) is 4.86. The third-order valence-corrected chi connectivity index (χ3v) is 7.51. The molecule has 0 aliphatic carbocycles. The van der Waals surface area contributed by atoms with E-state index in [0.29, 0.717) is 17.2 Å². The highest BCUT2D eigenvalue weighted by Crippen LogP contribution is 2.30. The number of hydrogen-bond donors (Lipinski definition) is 0. The van der Waals surface area contributed by atoms with E-state index in [0.717, 1.165) is 27.5 Å². The van der Waals surface area contributed by atoms with Crippen molar-refractivity contribution in [2.24, 2.45) is 0 Å². The lowest BCUT2D eigenvalue weighted by Gasteiger charge is -2.21. The fourth-order valence-corrected chi connectivity index (χ4v) is 4.83. The highest BCUT2D eigenvalue weighted by Gasteiger charge is 2.23. The molecule has 3 rings (SSSR count). The van der Waals surface area contributed by atoms with Crippen molar-refractivity contribution in [3.05, 3.63) is 54.1 Å². The summed E-state index contributed by atoms with van der Waals surface area (Å²) in [6.07, 6.45) is 0.793. The monoisotopic (exact) mass is 446 g/mol. The van der Waals surface area contributed by atoms with Crippen molar-refractivity contribution < 1.29 is 13.2 Å². The highest BCUT2D eigenvalue weighted by atomic mass is 32.2. The summed E-state index contributed by atoms with van der Waals surface area (Å²) >= 11 is 1.48. The van der Waals surface area contributed by atoms with Gasteiger partial charge in [0.1, 0.15) is 0 Å². The van der Waals surface area contributed by atoms with Gasteiger partial charge in [-0.1, -0.05) is 23.5 Å². The fraction of sp³-hybridized carbons (Fsp3) is 0.333. The number of aromatic nitrogens is 1. The maximum absolute atomic E-state index is 13.3. The molecule has 0 N–H and O–H groups in total. The molecule has 0 spiro atoms. The van der Waals surface area contributed by atoms with Crippen LogP contribution >= 0.6 is 11.3 Å². The molecular weight excluding hydrogens is 420 g/mol. The van der Waals surface area contributed by atoms with E-state index in [-0.39, 0.29) is 10.8 Å². The maximum Gasteiger partial charge on any atom is 0.260 e. The first-order chi connectivity index (χ1) is 14.2. The van der Waals surface area contributed by atoms with Crippen LogP contribution < -0.4 is 4.90 Å². The topological polar surface area (TPSA) is 73.8 Å². The van der Waals surface area contributed by atoms with Gasteiger partial charge in [-0.25, -0.2) is 17.7 Å². The molecule has 0 aliphatic heterocycles. The molecule has 0 saturated heterocycles. The molecule has 0 unspecified atom stereocenters. The average Bonchev–Trinajstić information content (AvgIpc) is 3.14. The van der Waals surface area contributed by atoms with Crippen molar-refractivity contribution >= 4 is 42.6 Å². The molecule has 1 heterocycles. The van der Waals surface area contributed by atoms with Gasteiger partial charge in [-0.2, -0.15) is 0 Å². The SMILES string of the molecule is CN(C)CCCN(C(=O)c1ccc(S(=O)(=O)N(C)C)cc1)c1nc2ccccc2s1. The normalized spacial score (nSPS) is 12.1. The van der Waals surface area contributed by atoms with Crippen molar-refractivity contribution in [1.82, 2.24) is 14.2 Å². The number of hydrogen-bond acceptors (Lipinski definition) is 6. The molecule has 0 fully saturated rings. The van der Waals surface area contributed by atoms with Gasteiger partial charge in [0.2, 0.25) is 10.0 Å². The zero-order valence-corrected chi connectivity index (χ0v) is 19.2. The second kappa shape index (κ2) is 9.22. The van der Waals surface area contributed by atoms with Crippen LogP contribution in [0.2, 0.25) is 0 Å². The van der Waals surface area contributed by atoms with Crippen LogP contribution in [0.5, 0.6) is 0 Å². The number of anilines is 1. The third-order valence-electron chi connectivity index (χ3n) is 4.63. The number of sulfonamides is 1. The van der Waals surface area contributed by atoms with Crippen molar-refractivity contribution in [3.8, 4) is 0 Å². The summed E-state index contributed by atoms with van der Waals surface area (Å²) in [5.74, 6) is -0.193. The van der Waals surface area contributed by atoms with Crippen LogP contribution in [0.4, 0.5) is 5.13 Å². The Labute approximate surface area is 181 Å². The first-order valence-corrected chi connectivity index (χ1v) is 11.8. The molecule has 0 atom stereocenters. The van der Waals surface area contributed by atoms with E-state index in [1.54, 1.807) is 17.0 Å². The van der Waals surface area contributed by atoms with E-state index in [1.165, 1.54) is 37.6 Å². The van der Waals surface area contributed by atoms with Gasteiger partial charge in [-0.3, -0.25) is 9.69 Å². The summed E-state index contributed by atoms with van der Waals surface area (Å²) in [7, 11) is 3.41. The number of para-hydroxylation sites is 1. The van der Waals surface area contributed by atoms with Crippen LogP contribution in [0.25, 0.3) is 10.2 Å². The number of fused-ring (bicyclic) bond motifs is 1. The van der Waals surface area contributed by atoms with E-state index >= 15 is 0 Å². The van der Waals surface area contributed by atoms with Gasteiger partial charge < -0.3 is 4.90 Å². The molecule has 0 bridgehead atoms. The molecule has 30 heavy (non-hydrogen) atoms. The Bertz CT molecular complexity index is 1090. The Kier molecular flexibility index (Phi) is 6.87. The molecule has 0 saturated carbocycles. The molecule has 9 heteroatoms. The van der Waals surface area contributed by atoms with Crippen molar-refractivity contribution in [3.63, 3.8) is 0 Å². The predicted octanol–water partition coefficient (Wildman–Crippen LogP) is 3.15. The zero-order valence-electron chi connectivity index (χ0n) is 17.6. The van der Waals surface area contributed by atoms with Crippen LogP contribution in [-0.4, -0.2) is 69.8 Å². The predicted molar refractivity (Wildman–Crippen MR) is 122 cm³/mol. The number of nitrogens with zero attached hydrogens (tertiary/aromatic N) is 4. The Hall–Kier alpha value is -2.33. The van der Waals surface area contributed by atoms with Gasteiger partial charge in [0.15, 0.2) is 5.13 Å². The molecule has 0 radical (unpaired) electrons. The molecule has 7 nitrogen and oxygen atoms in total. The summed E-state index contributed by atoms with van der Waals surface area (Å²) in [6, 6.07) is 13.9. The summed E-state index contributed by atoms with van der Waals surface area (Å²) < 4.78 is 26.8. The highest BCUT2D eigenvalue weighted by molar-refractivity contribution is 7.89. The van der Waals surface area contributed by atoms with Gasteiger partial charge in [0.25, 0.3) is 5.91 Å². The summed E-state index contributed by atoms with van der Waals surface area (Å²) in [5.41, 5.74) is 1.28. The molecule has 3 aromatic rings. The van der Waals surface area contributed by atoms with E-state index < -0.39 is 10.0 Å². The van der Waals surface area contributed by atoms with Crippen LogP contribution in [0, 0.1) is 0 Å². The van der Waals surface area contributed by atoms with Crippen LogP contribution in [0.1, 0.15) is 16.8 Å². The first-order valence-electron chi connectivity index (χ1n) is 9.55. The molecular formula is C21H26N4O3S2. The number of carbonyl (C=O) groups excluding carboxylic acids is 1. The van der Waals surface area contributed by atoms with Crippen molar-refractivity contribution in [1.29, 1.82) is 0 Å². The van der Waals surface area contributed by atoms with Gasteiger partial charge >= 0.3 is 0 Å². The number of carbonyl (C=O) groups is 1. The lowest BCUT2D eigenvalue weighted by Crippen LogP contribution is -2.33. The van der Waals surface area contributed by atoms with Gasteiger partial charge in [0, 0.05) is 26.2 Å². The zero-order chi connectivity index (χ0) is 21.9. The van der Waals surface area contributed by atoms with Gasteiger partial charge in [-0.05, 0) is 63.5 Å². The summed E-state index contributed by atoms with van der Waals surface area (Å²) in [4.78, 5) is 21.9. The second-order valence-electron chi connectivity index (χ2n) is 7.39. The quantitative estimate of drug-likeness (QED) is 0.531. The van der Waals surface area contributed by atoms with E-state index in [9.17, 15) is 13.2 Å². The van der Waals surface area contributed by atoms with Crippen molar-refractivity contribution in [2.75, 3.05) is 46.2 Å². The number of benzene rings is 2. The van der Waals surface area contributed by atoms with E-state index in [1.807, 2.05) is 38.4 Å². The largest absolute Gasteiger partial charge is 0.309 e. The molecule has 0 aliphatic rings. The number of thiazole rings is 1. The summed E-state index contributed by atoms with van der Waals surface area (Å²) in [5, 5.41) is 0.643. The van der Waals surface area contributed by atoms with E-state index in [2.05, 4.69) is 9.88 Å². The van der Waals surface area contributed by atoms with Crippen LogP contribution in [0.3, 0.4) is 0 Å². The molecule has 1 amide bonds. The number of rotatable bonds is 8. The van der Waals surface area contributed by atoms with Crippen molar-refractivity contribution in [2.45, 2.75) is 11.3 Å².